The maximum absolute atomic E-state index is 12.9. The molecular formula is C22H16ClF3N4O6S2. The molecule has 1 saturated heterocycles. The van der Waals surface area contributed by atoms with Crippen molar-refractivity contribution in [2.75, 3.05) is 16.2 Å². The summed E-state index contributed by atoms with van der Waals surface area (Å²) in [4.78, 5) is 30.1. The Labute approximate surface area is 219 Å². The van der Waals surface area contributed by atoms with E-state index in [1.54, 1.807) is 0 Å². The third-order valence-corrected chi connectivity index (χ3v) is 8.43. The van der Waals surface area contributed by atoms with E-state index in [1.807, 2.05) is 0 Å². The van der Waals surface area contributed by atoms with Crippen molar-refractivity contribution < 1.29 is 39.6 Å². The molecule has 10 nitrogen and oxygen atoms in total. The molecule has 0 spiro atoms. The Morgan fingerprint density at radius 2 is 1.53 bits per heavy atom. The van der Waals surface area contributed by atoms with Crippen LogP contribution in [0, 0.1) is 0 Å². The van der Waals surface area contributed by atoms with Crippen LogP contribution in [-0.4, -0.2) is 50.7 Å². The molecule has 2 heterocycles. The quantitative estimate of drug-likeness (QED) is 0.415. The van der Waals surface area contributed by atoms with Gasteiger partial charge in [0.1, 0.15) is 12.4 Å². The van der Waals surface area contributed by atoms with Crippen LogP contribution in [0.5, 0.6) is 0 Å². The lowest BCUT2D eigenvalue weighted by Gasteiger charge is -2.18. The molecule has 0 aliphatic carbocycles. The second-order valence-electron chi connectivity index (χ2n) is 7.92. The second kappa shape index (κ2) is 9.89. The van der Waals surface area contributed by atoms with Crippen LogP contribution in [0.2, 0.25) is 5.02 Å². The summed E-state index contributed by atoms with van der Waals surface area (Å²) in [6.07, 6.45) is 1.30. The van der Waals surface area contributed by atoms with Crippen LogP contribution in [0.15, 0.2) is 76.7 Å². The first-order chi connectivity index (χ1) is 17.7. The number of halogens is 4. The Bertz CT molecular complexity index is 1610. The fourth-order valence-electron chi connectivity index (χ4n) is 3.49. The molecule has 0 saturated carbocycles. The summed E-state index contributed by atoms with van der Waals surface area (Å²) in [6.45, 7) is -0.505. The van der Waals surface area contributed by atoms with Crippen LogP contribution in [0.25, 0.3) is 0 Å². The van der Waals surface area contributed by atoms with E-state index in [0.29, 0.717) is 27.6 Å². The van der Waals surface area contributed by atoms with Crippen LogP contribution >= 0.6 is 11.6 Å². The number of aromatic nitrogens is 1. The number of carbonyl (C=O) groups is 2. The summed E-state index contributed by atoms with van der Waals surface area (Å²) < 4.78 is 88.9. The number of rotatable bonds is 7. The number of benzene rings is 2. The minimum atomic E-state index is -5.59. The number of nitrogens with one attached hydrogen (secondary N) is 1. The molecule has 1 N–H and O–H groups in total. The highest BCUT2D eigenvalue weighted by molar-refractivity contribution is 7.92. The first kappa shape index (κ1) is 27.3. The molecule has 3 amide bonds. The largest absolute Gasteiger partial charge is 0.501 e. The number of alkyl halides is 3. The molecule has 1 aliphatic rings. The number of imide groups is 1. The number of carbonyl (C=O) groups excluding carboxylic acids is 2. The Hall–Kier alpha value is -3.69. The SMILES string of the molecule is O=C1CN(Cc2ccnc(NS(=O)(=O)c3ccc(Cl)cc3)c2)C(=O)N1c1ccc(S(=O)(=O)C(F)(F)F)cc1. The van der Waals surface area contributed by atoms with Gasteiger partial charge in [-0.1, -0.05) is 11.6 Å². The van der Waals surface area contributed by atoms with Gasteiger partial charge in [-0.25, -0.2) is 31.5 Å². The first-order valence-corrected chi connectivity index (χ1v) is 13.8. The molecule has 0 unspecified atom stereocenters. The molecule has 3 aromatic rings. The molecular weight excluding hydrogens is 573 g/mol. The Morgan fingerprint density at radius 1 is 0.921 bits per heavy atom. The number of pyridine rings is 1. The van der Waals surface area contributed by atoms with Gasteiger partial charge < -0.3 is 4.90 Å². The molecule has 16 heteroatoms. The van der Waals surface area contributed by atoms with Crippen LogP contribution in [0.4, 0.5) is 29.5 Å². The number of sulfone groups is 1. The molecule has 0 bridgehead atoms. The fourth-order valence-corrected chi connectivity index (χ4v) is 5.38. The van der Waals surface area contributed by atoms with Crippen molar-refractivity contribution in [1.29, 1.82) is 0 Å². The zero-order chi connectivity index (χ0) is 27.9. The maximum atomic E-state index is 12.9. The van der Waals surface area contributed by atoms with Crippen molar-refractivity contribution in [3.8, 4) is 0 Å². The number of amides is 3. The molecule has 0 atom stereocenters. The average Bonchev–Trinajstić information content (AvgIpc) is 3.11. The van der Waals surface area contributed by atoms with Gasteiger partial charge in [-0.2, -0.15) is 13.2 Å². The van der Waals surface area contributed by atoms with E-state index >= 15 is 0 Å². The van der Waals surface area contributed by atoms with Gasteiger partial charge in [-0.15, -0.1) is 0 Å². The molecule has 2 aromatic carbocycles. The summed E-state index contributed by atoms with van der Waals surface area (Å²) in [5, 5.41) is 0.352. The Balaban J connectivity index is 1.49. The predicted octanol–water partition coefficient (Wildman–Crippen LogP) is 3.80. The zero-order valence-electron chi connectivity index (χ0n) is 18.9. The van der Waals surface area contributed by atoms with Gasteiger partial charge in [0.2, 0.25) is 0 Å². The van der Waals surface area contributed by atoms with Crippen molar-refractivity contribution in [1.82, 2.24) is 9.88 Å². The molecule has 1 fully saturated rings. The summed E-state index contributed by atoms with van der Waals surface area (Å²) >= 11 is 5.78. The van der Waals surface area contributed by atoms with E-state index in [0.717, 1.165) is 17.0 Å². The third-order valence-electron chi connectivity index (χ3n) is 5.31. The third kappa shape index (κ3) is 5.44. The van der Waals surface area contributed by atoms with E-state index in [-0.39, 0.29) is 29.5 Å². The van der Waals surface area contributed by atoms with Crippen molar-refractivity contribution in [2.24, 2.45) is 0 Å². The molecule has 200 valence electrons. The minimum absolute atomic E-state index is 0.0475. The van der Waals surface area contributed by atoms with E-state index in [2.05, 4.69) is 9.71 Å². The van der Waals surface area contributed by atoms with Crippen LogP contribution in [-0.2, 0) is 31.2 Å². The van der Waals surface area contributed by atoms with E-state index < -0.39 is 42.2 Å². The maximum Gasteiger partial charge on any atom is 0.501 e. The molecule has 4 rings (SSSR count). The summed E-state index contributed by atoms with van der Waals surface area (Å²) in [5.74, 6) is -0.743. The number of anilines is 2. The highest BCUT2D eigenvalue weighted by Gasteiger charge is 2.47. The lowest BCUT2D eigenvalue weighted by molar-refractivity contribution is -0.116. The number of hydrogen-bond donors (Lipinski definition) is 1. The van der Waals surface area contributed by atoms with Crippen molar-refractivity contribution in [2.45, 2.75) is 21.8 Å². The monoisotopic (exact) mass is 588 g/mol. The summed E-state index contributed by atoms with van der Waals surface area (Å²) in [5.41, 5.74) is -5.20. The van der Waals surface area contributed by atoms with Gasteiger partial charge >= 0.3 is 11.5 Å². The Kier molecular flexibility index (Phi) is 7.11. The Morgan fingerprint density at radius 3 is 2.13 bits per heavy atom. The lowest BCUT2D eigenvalue weighted by Crippen LogP contribution is -2.32. The van der Waals surface area contributed by atoms with Gasteiger partial charge in [-0.3, -0.25) is 9.52 Å². The smallest absolute Gasteiger partial charge is 0.310 e. The van der Waals surface area contributed by atoms with Gasteiger partial charge in [0.05, 0.1) is 15.5 Å². The highest BCUT2D eigenvalue weighted by atomic mass is 35.5. The van der Waals surface area contributed by atoms with Crippen molar-refractivity contribution in [3.05, 3.63) is 77.4 Å². The number of sulfonamides is 1. The summed E-state index contributed by atoms with van der Waals surface area (Å²) in [6, 6.07) is 10.7. The van der Waals surface area contributed by atoms with Gasteiger partial charge in [0, 0.05) is 17.8 Å². The van der Waals surface area contributed by atoms with E-state index in [4.69, 9.17) is 11.6 Å². The summed E-state index contributed by atoms with van der Waals surface area (Å²) in [7, 11) is -9.58. The minimum Gasteiger partial charge on any atom is -0.310 e. The molecule has 0 radical (unpaired) electrons. The first-order valence-electron chi connectivity index (χ1n) is 10.5. The predicted molar refractivity (Wildman–Crippen MR) is 129 cm³/mol. The van der Waals surface area contributed by atoms with Crippen molar-refractivity contribution >= 4 is 54.9 Å². The number of urea groups is 1. The highest BCUT2D eigenvalue weighted by Crippen LogP contribution is 2.32. The fraction of sp³-hybridized carbons (Fsp3) is 0.136. The van der Waals surface area contributed by atoms with E-state index in [1.165, 1.54) is 42.6 Å². The molecule has 38 heavy (non-hydrogen) atoms. The average molecular weight is 589 g/mol. The van der Waals surface area contributed by atoms with Gasteiger partial charge in [-0.05, 0) is 66.2 Å². The standard InChI is InChI=1S/C22H16ClF3N4O6S2/c23-15-1-5-18(6-2-15)38(35,36)28-19-11-14(9-10-27-19)12-29-13-20(31)30(21(29)32)16-3-7-17(8-4-16)37(33,34)22(24,25)26/h1-11H,12-13H2,(H,27,28). The second-order valence-corrected chi connectivity index (χ2v) is 12.0. The number of hydrogen-bond acceptors (Lipinski definition) is 7. The zero-order valence-corrected chi connectivity index (χ0v) is 21.3. The normalized spacial score (nSPS) is 14.7. The van der Waals surface area contributed by atoms with Crippen LogP contribution in [0.1, 0.15) is 5.56 Å². The topological polar surface area (TPSA) is 134 Å². The lowest BCUT2D eigenvalue weighted by atomic mass is 10.2. The van der Waals surface area contributed by atoms with Gasteiger partial charge in [0.15, 0.2) is 0 Å². The van der Waals surface area contributed by atoms with E-state index in [9.17, 15) is 39.6 Å². The number of nitrogens with zero attached hydrogens (tertiary/aromatic N) is 3. The van der Waals surface area contributed by atoms with Crippen LogP contribution < -0.4 is 9.62 Å². The molecule has 1 aliphatic heterocycles. The molecule has 1 aromatic heterocycles. The van der Waals surface area contributed by atoms with Gasteiger partial charge in [0.25, 0.3) is 25.8 Å². The van der Waals surface area contributed by atoms with Crippen LogP contribution in [0.3, 0.4) is 0 Å². The van der Waals surface area contributed by atoms with Crippen molar-refractivity contribution in [3.63, 3.8) is 0 Å².